The van der Waals surface area contributed by atoms with Crippen molar-refractivity contribution in [1.29, 1.82) is 0 Å². The topological polar surface area (TPSA) is 125 Å². The second-order valence-electron chi connectivity index (χ2n) is 6.93. The third kappa shape index (κ3) is 5.78. The van der Waals surface area contributed by atoms with E-state index in [2.05, 4.69) is 15.4 Å². The number of nitrogens with zero attached hydrogens (tertiary/aromatic N) is 1. The van der Waals surface area contributed by atoms with Gasteiger partial charge in [0.1, 0.15) is 0 Å². The second-order valence-corrected chi connectivity index (χ2v) is 10.6. The van der Waals surface area contributed by atoms with Crippen LogP contribution in [-0.4, -0.2) is 53.7 Å². The summed E-state index contributed by atoms with van der Waals surface area (Å²) in [5.74, 6) is -0.331. The minimum Gasteiger partial charge on any atom is -0.383 e. The first-order valence-electron chi connectivity index (χ1n) is 10.3. The third-order valence-electron chi connectivity index (χ3n) is 4.80. The number of nitrogens with one attached hydrogen (secondary N) is 3. The van der Waals surface area contributed by atoms with Crippen LogP contribution in [-0.2, 0) is 20.0 Å². The van der Waals surface area contributed by atoms with E-state index in [1.165, 1.54) is 47.8 Å². The zero-order chi connectivity index (χ0) is 23.9. The van der Waals surface area contributed by atoms with Gasteiger partial charge >= 0.3 is 0 Å². The van der Waals surface area contributed by atoms with E-state index in [-0.39, 0.29) is 21.4 Å². The van der Waals surface area contributed by atoms with Crippen molar-refractivity contribution < 1.29 is 21.6 Å². The highest BCUT2D eigenvalue weighted by molar-refractivity contribution is 7.92. The van der Waals surface area contributed by atoms with Crippen LogP contribution >= 0.6 is 0 Å². The van der Waals surface area contributed by atoms with Crippen LogP contribution in [0.4, 0.5) is 11.4 Å². The molecule has 2 aromatic rings. The lowest BCUT2D eigenvalue weighted by atomic mass is 10.2. The predicted octanol–water partition coefficient (Wildman–Crippen LogP) is 2.70. The van der Waals surface area contributed by atoms with Crippen LogP contribution < -0.4 is 15.4 Å². The van der Waals surface area contributed by atoms with E-state index in [9.17, 15) is 21.6 Å². The smallest absolute Gasteiger partial charge is 0.261 e. The lowest BCUT2D eigenvalue weighted by molar-refractivity contribution is 0.0963. The summed E-state index contributed by atoms with van der Waals surface area (Å²) in [6.07, 6.45) is 0.798. The molecule has 0 aliphatic rings. The highest BCUT2D eigenvalue weighted by Crippen LogP contribution is 2.29. The Morgan fingerprint density at radius 3 is 2.00 bits per heavy atom. The summed E-state index contributed by atoms with van der Waals surface area (Å²) in [7, 11) is -6.32. The van der Waals surface area contributed by atoms with Crippen LogP contribution in [0.2, 0.25) is 0 Å². The van der Waals surface area contributed by atoms with Crippen LogP contribution in [0, 0.1) is 0 Å². The Morgan fingerprint density at radius 2 is 1.47 bits per heavy atom. The summed E-state index contributed by atoms with van der Waals surface area (Å²) < 4.78 is 55.6. The van der Waals surface area contributed by atoms with Crippen LogP contribution in [0.1, 0.15) is 37.6 Å². The Labute approximate surface area is 190 Å². The molecule has 32 heavy (non-hydrogen) atoms. The molecule has 1 amide bonds. The number of hydrogen-bond donors (Lipinski definition) is 3. The summed E-state index contributed by atoms with van der Waals surface area (Å²) in [4.78, 5) is 11.6. The van der Waals surface area contributed by atoms with Gasteiger partial charge in [0.15, 0.2) is 0 Å². The molecule has 9 nitrogen and oxygen atoms in total. The average molecular weight is 483 g/mol. The fraction of sp³-hybridized carbons (Fsp3) is 0.381. The minimum absolute atomic E-state index is 0.00378. The lowest BCUT2D eigenvalue weighted by Gasteiger charge is -2.20. The number of rotatable bonds is 11. The van der Waals surface area contributed by atoms with Crippen molar-refractivity contribution in [2.24, 2.45) is 0 Å². The summed E-state index contributed by atoms with van der Waals surface area (Å²) in [6, 6.07) is 9.79. The number of anilines is 2. The highest BCUT2D eigenvalue weighted by Gasteiger charge is 2.24. The van der Waals surface area contributed by atoms with Crippen molar-refractivity contribution in [3.63, 3.8) is 0 Å². The maximum absolute atomic E-state index is 13.0. The Bertz CT molecular complexity index is 1140. The summed E-state index contributed by atoms with van der Waals surface area (Å²) in [6.45, 7) is 6.62. The molecule has 0 aromatic heterocycles. The molecule has 0 aliphatic carbocycles. The van der Waals surface area contributed by atoms with Gasteiger partial charge in [-0.15, -0.1) is 0 Å². The average Bonchev–Trinajstić information content (AvgIpc) is 2.78. The number of carbonyl (C=O) groups is 1. The van der Waals surface area contributed by atoms with Crippen molar-refractivity contribution in [3.8, 4) is 0 Å². The Kier molecular flexibility index (Phi) is 8.65. The molecule has 0 heterocycles. The number of benzene rings is 2. The number of sulfonamides is 2. The molecule has 0 aliphatic heterocycles. The molecule has 0 fully saturated rings. The largest absolute Gasteiger partial charge is 0.383 e. The zero-order valence-corrected chi connectivity index (χ0v) is 20.3. The van der Waals surface area contributed by atoms with Gasteiger partial charge in [0, 0.05) is 32.2 Å². The molecule has 2 aromatic carbocycles. The van der Waals surface area contributed by atoms with Crippen molar-refractivity contribution in [2.75, 3.05) is 36.7 Å². The fourth-order valence-electron chi connectivity index (χ4n) is 3.03. The molecular formula is C21H30N4O5S2. The molecular weight excluding hydrogens is 452 g/mol. The number of amides is 1. The summed E-state index contributed by atoms with van der Waals surface area (Å²) in [5, 5.41) is 5.59. The van der Waals surface area contributed by atoms with E-state index in [1.54, 1.807) is 19.9 Å². The van der Waals surface area contributed by atoms with Gasteiger partial charge < -0.3 is 10.6 Å². The standard InChI is InChI=1S/C21H30N4O5S2/c1-5-14-23-19-13-12-18(32(29,30)25(6-2)7-3)15-20(19)24-31(27,28)17-10-8-16(9-11-17)21(26)22-4/h8-13,15,23-24H,5-7,14H2,1-4H3,(H,22,26). The van der Waals surface area contributed by atoms with Crippen molar-refractivity contribution in [2.45, 2.75) is 37.0 Å². The van der Waals surface area contributed by atoms with E-state index in [4.69, 9.17) is 0 Å². The lowest BCUT2D eigenvalue weighted by Crippen LogP contribution is -2.30. The number of hydrogen-bond acceptors (Lipinski definition) is 6. The molecule has 0 bridgehead atoms. The van der Waals surface area contributed by atoms with Crippen molar-refractivity contribution >= 4 is 37.3 Å². The van der Waals surface area contributed by atoms with E-state index in [0.717, 1.165) is 6.42 Å². The molecule has 11 heteroatoms. The monoisotopic (exact) mass is 482 g/mol. The first-order chi connectivity index (χ1) is 15.1. The first-order valence-corrected chi connectivity index (χ1v) is 13.3. The van der Waals surface area contributed by atoms with Crippen LogP contribution in [0.3, 0.4) is 0 Å². The fourth-order valence-corrected chi connectivity index (χ4v) is 5.58. The highest BCUT2D eigenvalue weighted by atomic mass is 32.2. The zero-order valence-electron chi connectivity index (χ0n) is 18.7. The minimum atomic E-state index is -4.03. The van der Waals surface area contributed by atoms with Crippen molar-refractivity contribution in [3.05, 3.63) is 48.0 Å². The van der Waals surface area contributed by atoms with Crippen molar-refractivity contribution in [1.82, 2.24) is 9.62 Å². The van der Waals surface area contributed by atoms with Gasteiger partial charge in [0.2, 0.25) is 10.0 Å². The maximum atomic E-state index is 13.0. The first kappa shape index (κ1) is 25.6. The molecule has 0 unspecified atom stereocenters. The normalized spacial score (nSPS) is 11.9. The molecule has 0 saturated carbocycles. The van der Waals surface area contributed by atoms with Gasteiger partial charge in [-0.2, -0.15) is 4.31 Å². The summed E-state index contributed by atoms with van der Waals surface area (Å²) >= 11 is 0. The Balaban J connectivity index is 2.48. The number of carbonyl (C=O) groups excluding carboxylic acids is 1. The van der Waals surface area contributed by atoms with E-state index >= 15 is 0 Å². The molecule has 0 spiro atoms. The van der Waals surface area contributed by atoms with Crippen LogP contribution in [0.25, 0.3) is 0 Å². The third-order valence-corrected chi connectivity index (χ3v) is 8.23. The van der Waals surface area contributed by atoms with Gasteiger partial charge in [0.05, 0.1) is 21.2 Å². The van der Waals surface area contributed by atoms with E-state index < -0.39 is 20.0 Å². The van der Waals surface area contributed by atoms with Gasteiger partial charge in [-0.3, -0.25) is 9.52 Å². The Morgan fingerprint density at radius 1 is 0.875 bits per heavy atom. The molecule has 0 radical (unpaired) electrons. The van der Waals surface area contributed by atoms with Gasteiger partial charge in [-0.05, 0) is 48.9 Å². The molecule has 2 rings (SSSR count). The molecule has 0 saturated heterocycles. The van der Waals surface area contributed by atoms with E-state index in [1.807, 2.05) is 6.92 Å². The van der Waals surface area contributed by atoms with Gasteiger partial charge in [-0.25, -0.2) is 16.8 Å². The molecule has 3 N–H and O–H groups in total. The summed E-state index contributed by atoms with van der Waals surface area (Å²) in [5.41, 5.74) is 0.919. The van der Waals surface area contributed by atoms with Gasteiger partial charge in [-0.1, -0.05) is 20.8 Å². The van der Waals surface area contributed by atoms with E-state index in [0.29, 0.717) is 30.9 Å². The maximum Gasteiger partial charge on any atom is 0.261 e. The Hall–Kier alpha value is -2.63. The second kappa shape index (κ2) is 10.8. The van der Waals surface area contributed by atoms with Crippen LogP contribution in [0.15, 0.2) is 52.3 Å². The predicted molar refractivity (Wildman–Crippen MR) is 126 cm³/mol. The quantitative estimate of drug-likeness (QED) is 0.452. The SMILES string of the molecule is CCCNc1ccc(S(=O)(=O)N(CC)CC)cc1NS(=O)(=O)c1ccc(C(=O)NC)cc1. The van der Waals surface area contributed by atoms with Gasteiger partial charge in [0.25, 0.3) is 15.9 Å². The van der Waals surface area contributed by atoms with Crippen LogP contribution in [0.5, 0.6) is 0 Å². The molecule has 176 valence electrons. The molecule has 0 atom stereocenters.